The Bertz CT molecular complexity index is 274. The third-order valence-corrected chi connectivity index (χ3v) is 1.73. The topological polar surface area (TPSA) is 62.2 Å². The fraction of sp³-hybridized carbons (Fsp3) is 0.333. The lowest BCUT2D eigenvalue weighted by atomic mass is 10.2. The summed E-state index contributed by atoms with van der Waals surface area (Å²) >= 11 is 0. The number of carboxylic acid groups (broad SMARTS) is 1. The van der Waals surface area contributed by atoms with E-state index >= 15 is 0 Å². The van der Waals surface area contributed by atoms with E-state index < -0.39 is 12.0 Å². The lowest BCUT2D eigenvalue weighted by Crippen LogP contribution is -2.28. The highest BCUT2D eigenvalue weighted by Gasteiger charge is 2.13. The third kappa shape index (κ3) is 2.74. The van der Waals surface area contributed by atoms with Gasteiger partial charge in [0.25, 0.3) is 0 Å². The van der Waals surface area contributed by atoms with Crippen LogP contribution in [0.3, 0.4) is 0 Å². The molecule has 1 aromatic heterocycles. The van der Waals surface area contributed by atoms with Crippen LogP contribution in [-0.4, -0.2) is 22.1 Å². The zero-order valence-corrected chi connectivity index (χ0v) is 7.40. The van der Waals surface area contributed by atoms with Crippen LogP contribution in [0, 0.1) is 0 Å². The van der Waals surface area contributed by atoms with E-state index in [0.29, 0.717) is 6.42 Å². The Morgan fingerprint density at radius 2 is 2.23 bits per heavy atom. The van der Waals surface area contributed by atoms with Crippen molar-refractivity contribution in [1.82, 2.24) is 4.98 Å². The number of nitrogens with zero attached hydrogens (tertiary/aromatic N) is 1. The Kier molecular flexibility index (Phi) is 3.25. The first-order valence-electron chi connectivity index (χ1n) is 4.13. The van der Waals surface area contributed by atoms with Gasteiger partial charge in [0.05, 0.1) is 0 Å². The van der Waals surface area contributed by atoms with Gasteiger partial charge in [0.15, 0.2) is 0 Å². The smallest absolute Gasteiger partial charge is 0.326 e. The van der Waals surface area contributed by atoms with Crippen molar-refractivity contribution < 1.29 is 9.90 Å². The van der Waals surface area contributed by atoms with Crippen molar-refractivity contribution in [2.45, 2.75) is 19.4 Å². The number of pyridine rings is 1. The fourth-order valence-corrected chi connectivity index (χ4v) is 0.988. The molecule has 70 valence electrons. The molecular formula is C9H12N2O2. The molecule has 0 saturated heterocycles. The van der Waals surface area contributed by atoms with Crippen molar-refractivity contribution in [2.24, 2.45) is 0 Å². The van der Waals surface area contributed by atoms with Crippen LogP contribution in [0.2, 0.25) is 0 Å². The minimum absolute atomic E-state index is 0.526. The Hall–Kier alpha value is -1.58. The van der Waals surface area contributed by atoms with E-state index in [0.717, 1.165) is 5.69 Å². The van der Waals surface area contributed by atoms with E-state index in [9.17, 15) is 4.79 Å². The van der Waals surface area contributed by atoms with Gasteiger partial charge in [-0.1, -0.05) is 6.92 Å². The average molecular weight is 180 g/mol. The Morgan fingerprint density at radius 1 is 1.62 bits per heavy atom. The first-order chi connectivity index (χ1) is 6.24. The number of rotatable bonds is 4. The Labute approximate surface area is 76.6 Å². The molecular weight excluding hydrogens is 168 g/mol. The summed E-state index contributed by atoms with van der Waals surface area (Å²) in [5.41, 5.74) is 0.782. The number of carbonyl (C=O) groups is 1. The summed E-state index contributed by atoms with van der Waals surface area (Å²) < 4.78 is 0. The van der Waals surface area contributed by atoms with E-state index in [4.69, 9.17) is 5.11 Å². The minimum atomic E-state index is -0.834. The van der Waals surface area contributed by atoms with E-state index in [1.165, 1.54) is 0 Å². The van der Waals surface area contributed by atoms with Crippen LogP contribution >= 0.6 is 0 Å². The van der Waals surface area contributed by atoms with Crippen LogP contribution in [-0.2, 0) is 4.79 Å². The quantitative estimate of drug-likeness (QED) is 0.734. The molecule has 4 heteroatoms. The summed E-state index contributed by atoms with van der Waals surface area (Å²) in [6.07, 6.45) is 3.80. The van der Waals surface area contributed by atoms with Crippen molar-refractivity contribution in [3.63, 3.8) is 0 Å². The monoisotopic (exact) mass is 180 g/mol. The largest absolute Gasteiger partial charge is 0.480 e. The van der Waals surface area contributed by atoms with Crippen LogP contribution in [0.1, 0.15) is 13.3 Å². The highest BCUT2D eigenvalue weighted by atomic mass is 16.4. The van der Waals surface area contributed by atoms with Gasteiger partial charge >= 0.3 is 5.97 Å². The van der Waals surface area contributed by atoms with Crippen LogP contribution in [0.5, 0.6) is 0 Å². The second-order valence-electron chi connectivity index (χ2n) is 2.68. The molecule has 1 unspecified atom stereocenters. The van der Waals surface area contributed by atoms with E-state index in [-0.39, 0.29) is 0 Å². The third-order valence-electron chi connectivity index (χ3n) is 1.73. The summed E-state index contributed by atoms with van der Waals surface area (Å²) in [5.74, 6) is -0.834. The van der Waals surface area contributed by atoms with Crippen molar-refractivity contribution in [1.29, 1.82) is 0 Å². The van der Waals surface area contributed by atoms with Gasteiger partial charge in [-0.15, -0.1) is 0 Å². The first-order valence-corrected chi connectivity index (χ1v) is 4.13. The SMILES string of the molecule is CCC(Nc1ccncc1)C(=O)O. The maximum Gasteiger partial charge on any atom is 0.326 e. The van der Waals surface area contributed by atoms with Crippen molar-refractivity contribution in [2.75, 3.05) is 5.32 Å². The fourth-order valence-electron chi connectivity index (χ4n) is 0.988. The molecule has 0 saturated carbocycles. The number of anilines is 1. The van der Waals surface area contributed by atoms with Gasteiger partial charge in [0, 0.05) is 18.1 Å². The van der Waals surface area contributed by atoms with Crippen LogP contribution < -0.4 is 5.32 Å². The molecule has 4 nitrogen and oxygen atoms in total. The highest BCUT2D eigenvalue weighted by Crippen LogP contribution is 2.07. The van der Waals surface area contributed by atoms with Crippen molar-refractivity contribution in [3.05, 3.63) is 24.5 Å². The molecule has 1 heterocycles. The van der Waals surface area contributed by atoms with E-state index in [2.05, 4.69) is 10.3 Å². The van der Waals surface area contributed by atoms with Crippen LogP contribution in [0.25, 0.3) is 0 Å². The van der Waals surface area contributed by atoms with Gasteiger partial charge in [-0.25, -0.2) is 4.79 Å². The van der Waals surface area contributed by atoms with Gasteiger partial charge in [-0.05, 0) is 18.6 Å². The zero-order valence-electron chi connectivity index (χ0n) is 7.40. The molecule has 0 aliphatic rings. The highest BCUT2D eigenvalue weighted by molar-refractivity contribution is 5.77. The summed E-state index contributed by atoms with van der Waals surface area (Å²) in [4.78, 5) is 14.5. The molecule has 0 fully saturated rings. The second-order valence-corrected chi connectivity index (χ2v) is 2.68. The summed E-state index contributed by atoms with van der Waals surface area (Å²) in [5, 5.41) is 11.6. The molecule has 0 aliphatic heterocycles. The van der Waals surface area contributed by atoms with Gasteiger partial charge in [-0.2, -0.15) is 0 Å². The summed E-state index contributed by atoms with van der Waals surface area (Å²) in [6.45, 7) is 1.83. The molecule has 0 amide bonds. The maximum atomic E-state index is 10.7. The molecule has 0 aromatic carbocycles. The predicted octanol–water partition coefficient (Wildman–Crippen LogP) is 1.36. The number of carboxylic acids is 1. The van der Waals surface area contributed by atoms with Crippen LogP contribution in [0.4, 0.5) is 5.69 Å². The lowest BCUT2D eigenvalue weighted by Gasteiger charge is -2.12. The number of aliphatic carboxylic acids is 1. The molecule has 0 radical (unpaired) electrons. The normalized spacial score (nSPS) is 12.1. The molecule has 0 spiro atoms. The van der Waals surface area contributed by atoms with E-state index in [1.54, 1.807) is 24.5 Å². The summed E-state index contributed by atoms with van der Waals surface area (Å²) in [6, 6.07) is 2.96. The number of hydrogen-bond donors (Lipinski definition) is 2. The molecule has 1 atom stereocenters. The van der Waals surface area contributed by atoms with Gasteiger partial charge < -0.3 is 10.4 Å². The number of aromatic nitrogens is 1. The molecule has 0 aliphatic carbocycles. The van der Waals surface area contributed by atoms with Gasteiger partial charge in [0.1, 0.15) is 6.04 Å². The standard InChI is InChI=1S/C9H12N2O2/c1-2-8(9(12)13)11-7-3-5-10-6-4-7/h3-6,8H,2H2,1H3,(H,10,11)(H,12,13). The Balaban J connectivity index is 2.62. The molecule has 1 rings (SSSR count). The maximum absolute atomic E-state index is 10.7. The number of hydrogen-bond acceptors (Lipinski definition) is 3. The molecule has 0 bridgehead atoms. The first kappa shape index (κ1) is 9.51. The van der Waals surface area contributed by atoms with Gasteiger partial charge in [-0.3, -0.25) is 4.98 Å². The predicted molar refractivity (Wildman–Crippen MR) is 49.6 cm³/mol. The zero-order chi connectivity index (χ0) is 9.68. The summed E-state index contributed by atoms with van der Waals surface area (Å²) in [7, 11) is 0. The van der Waals surface area contributed by atoms with Gasteiger partial charge in [0.2, 0.25) is 0 Å². The average Bonchev–Trinajstić information content (AvgIpc) is 2.15. The Morgan fingerprint density at radius 3 is 2.69 bits per heavy atom. The minimum Gasteiger partial charge on any atom is -0.480 e. The molecule has 2 N–H and O–H groups in total. The lowest BCUT2D eigenvalue weighted by molar-refractivity contribution is -0.137. The van der Waals surface area contributed by atoms with Crippen molar-refractivity contribution in [3.8, 4) is 0 Å². The molecule has 1 aromatic rings. The second kappa shape index (κ2) is 4.45. The van der Waals surface area contributed by atoms with Crippen LogP contribution in [0.15, 0.2) is 24.5 Å². The molecule has 13 heavy (non-hydrogen) atoms. The number of nitrogens with one attached hydrogen (secondary N) is 1. The van der Waals surface area contributed by atoms with Crippen molar-refractivity contribution >= 4 is 11.7 Å². The van der Waals surface area contributed by atoms with E-state index in [1.807, 2.05) is 6.92 Å².